The monoisotopic (exact) mass is 383 g/mol. The van der Waals surface area contributed by atoms with Crippen molar-refractivity contribution >= 4 is 39.1 Å². The summed E-state index contributed by atoms with van der Waals surface area (Å²) in [4.78, 5) is 8.69. The summed E-state index contributed by atoms with van der Waals surface area (Å²) in [6, 6.07) is 12.5. The number of benzene rings is 2. The second-order valence-corrected chi connectivity index (χ2v) is 7.87. The average Bonchev–Trinajstić information content (AvgIpc) is 3.09. The summed E-state index contributed by atoms with van der Waals surface area (Å²) in [5.41, 5.74) is 3.05. The van der Waals surface area contributed by atoms with Crippen molar-refractivity contribution < 1.29 is 4.39 Å². The molecule has 0 spiro atoms. The van der Waals surface area contributed by atoms with Gasteiger partial charge >= 0.3 is 0 Å². The molecule has 0 aliphatic carbocycles. The summed E-state index contributed by atoms with van der Waals surface area (Å²) >= 11 is 2.93. The van der Waals surface area contributed by atoms with E-state index in [9.17, 15) is 4.39 Å². The van der Waals surface area contributed by atoms with E-state index in [2.05, 4.69) is 31.5 Å². The first-order valence-electron chi connectivity index (χ1n) is 7.88. The van der Waals surface area contributed by atoms with Crippen LogP contribution in [0.1, 0.15) is 11.1 Å². The Morgan fingerprint density at radius 2 is 1.92 bits per heavy atom. The summed E-state index contributed by atoms with van der Waals surface area (Å²) in [6.45, 7) is 2.61. The highest BCUT2D eigenvalue weighted by Gasteiger charge is 2.10. The number of anilines is 1. The van der Waals surface area contributed by atoms with Crippen LogP contribution in [0.2, 0.25) is 0 Å². The molecule has 26 heavy (non-hydrogen) atoms. The molecule has 130 valence electrons. The van der Waals surface area contributed by atoms with Crippen LogP contribution < -0.4 is 5.32 Å². The molecule has 0 atom stereocenters. The molecular formula is C18H14FN5S2. The highest BCUT2D eigenvalue weighted by molar-refractivity contribution is 8.01. The summed E-state index contributed by atoms with van der Waals surface area (Å²) in [5, 5.41) is 14.2. The van der Waals surface area contributed by atoms with Gasteiger partial charge in [-0.2, -0.15) is 0 Å². The Labute approximate surface area is 157 Å². The molecule has 8 heteroatoms. The fourth-order valence-corrected chi connectivity index (χ4v) is 4.15. The number of aromatic nitrogens is 4. The van der Waals surface area contributed by atoms with E-state index in [1.807, 2.05) is 19.1 Å². The van der Waals surface area contributed by atoms with Crippen molar-refractivity contribution in [2.24, 2.45) is 0 Å². The Kier molecular flexibility index (Phi) is 4.77. The van der Waals surface area contributed by atoms with Gasteiger partial charge in [0.2, 0.25) is 5.13 Å². The maximum Gasteiger partial charge on any atom is 0.206 e. The van der Waals surface area contributed by atoms with Gasteiger partial charge in [-0.25, -0.2) is 14.4 Å². The number of hydrogen-bond acceptors (Lipinski definition) is 7. The second kappa shape index (κ2) is 7.35. The van der Waals surface area contributed by atoms with Gasteiger partial charge in [-0.05, 0) is 48.5 Å². The first-order chi connectivity index (χ1) is 12.7. The standard InChI is InChI=1S/C18H14FN5S2/c1-11-2-7-15-14(8-11)16(22-10-21-15)25-18-24-23-17(26-18)20-9-12-3-5-13(19)6-4-12/h2-8,10H,9H2,1H3,(H,20,23). The Balaban J connectivity index is 1.48. The molecule has 0 saturated heterocycles. The van der Waals surface area contributed by atoms with Crippen LogP contribution in [0, 0.1) is 12.7 Å². The topological polar surface area (TPSA) is 63.6 Å². The summed E-state index contributed by atoms with van der Waals surface area (Å²) in [7, 11) is 0. The Hall–Kier alpha value is -2.58. The lowest BCUT2D eigenvalue weighted by Gasteiger charge is -2.03. The zero-order valence-corrected chi connectivity index (χ0v) is 15.4. The van der Waals surface area contributed by atoms with E-state index >= 15 is 0 Å². The van der Waals surface area contributed by atoms with E-state index in [4.69, 9.17) is 0 Å². The normalized spacial score (nSPS) is 11.0. The minimum absolute atomic E-state index is 0.240. The molecule has 2 aromatic heterocycles. The Bertz CT molecular complexity index is 1050. The molecule has 0 bridgehead atoms. The first kappa shape index (κ1) is 16.9. The SMILES string of the molecule is Cc1ccc2ncnc(Sc3nnc(NCc4ccc(F)cc4)s3)c2c1. The molecule has 0 saturated carbocycles. The largest absolute Gasteiger partial charge is 0.356 e. The third kappa shape index (κ3) is 3.81. The van der Waals surface area contributed by atoms with E-state index in [0.717, 1.165) is 31.4 Å². The van der Waals surface area contributed by atoms with E-state index in [1.165, 1.54) is 35.2 Å². The molecule has 0 aliphatic rings. The molecule has 1 N–H and O–H groups in total. The molecule has 4 aromatic rings. The minimum atomic E-state index is -0.240. The van der Waals surface area contributed by atoms with Gasteiger partial charge in [-0.1, -0.05) is 35.1 Å². The number of fused-ring (bicyclic) bond motifs is 1. The number of rotatable bonds is 5. The third-order valence-corrected chi connectivity index (χ3v) is 5.65. The lowest BCUT2D eigenvalue weighted by atomic mass is 10.2. The van der Waals surface area contributed by atoms with Gasteiger partial charge in [-0.3, -0.25) is 0 Å². The Morgan fingerprint density at radius 1 is 1.08 bits per heavy atom. The first-order valence-corrected chi connectivity index (χ1v) is 9.52. The summed E-state index contributed by atoms with van der Waals surface area (Å²) in [5.74, 6) is -0.240. The zero-order chi connectivity index (χ0) is 17.9. The van der Waals surface area contributed by atoms with Crippen LogP contribution in [-0.4, -0.2) is 20.2 Å². The van der Waals surface area contributed by atoms with Crippen LogP contribution in [0.5, 0.6) is 0 Å². The lowest BCUT2D eigenvalue weighted by molar-refractivity contribution is 0.627. The van der Waals surface area contributed by atoms with Crippen LogP contribution in [-0.2, 0) is 6.54 Å². The predicted octanol–water partition coefficient (Wildman–Crippen LogP) is 4.69. The van der Waals surface area contributed by atoms with Gasteiger partial charge < -0.3 is 5.32 Å². The van der Waals surface area contributed by atoms with E-state index in [-0.39, 0.29) is 5.82 Å². The molecule has 0 radical (unpaired) electrons. The van der Waals surface area contributed by atoms with Crippen molar-refractivity contribution in [2.45, 2.75) is 22.8 Å². The van der Waals surface area contributed by atoms with Gasteiger partial charge in [0.25, 0.3) is 0 Å². The Morgan fingerprint density at radius 3 is 2.77 bits per heavy atom. The van der Waals surface area contributed by atoms with Crippen LogP contribution in [0.25, 0.3) is 10.9 Å². The number of halogens is 1. The van der Waals surface area contributed by atoms with E-state index < -0.39 is 0 Å². The fourth-order valence-electron chi connectivity index (χ4n) is 2.41. The van der Waals surface area contributed by atoms with Crippen LogP contribution in [0.4, 0.5) is 9.52 Å². The predicted molar refractivity (Wildman–Crippen MR) is 102 cm³/mol. The van der Waals surface area contributed by atoms with Crippen molar-refractivity contribution in [3.8, 4) is 0 Å². The maximum absolute atomic E-state index is 12.9. The molecule has 2 heterocycles. The fraction of sp³-hybridized carbons (Fsp3) is 0.111. The average molecular weight is 383 g/mol. The summed E-state index contributed by atoms with van der Waals surface area (Å²) < 4.78 is 13.7. The molecule has 4 rings (SSSR count). The van der Waals surface area contributed by atoms with Crippen molar-refractivity contribution in [3.63, 3.8) is 0 Å². The molecule has 0 unspecified atom stereocenters. The highest BCUT2D eigenvalue weighted by Crippen LogP contribution is 2.34. The number of nitrogens with one attached hydrogen (secondary N) is 1. The maximum atomic E-state index is 12.9. The zero-order valence-electron chi connectivity index (χ0n) is 13.8. The van der Waals surface area contributed by atoms with Gasteiger partial charge in [0.05, 0.1) is 5.52 Å². The highest BCUT2D eigenvalue weighted by atomic mass is 32.2. The van der Waals surface area contributed by atoms with E-state index in [1.54, 1.807) is 18.5 Å². The van der Waals surface area contributed by atoms with Gasteiger partial charge in [-0.15, -0.1) is 10.2 Å². The number of aryl methyl sites for hydroxylation is 1. The number of nitrogens with zero attached hydrogens (tertiary/aromatic N) is 4. The quantitative estimate of drug-likeness (QED) is 0.504. The van der Waals surface area contributed by atoms with Gasteiger partial charge in [0.15, 0.2) is 4.34 Å². The lowest BCUT2D eigenvalue weighted by Crippen LogP contribution is -1.98. The van der Waals surface area contributed by atoms with Crippen LogP contribution in [0.15, 0.2) is 58.2 Å². The smallest absolute Gasteiger partial charge is 0.206 e. The van der Waals surface area contributed by atoms with Crippen molar-refractivity contribution in [1.29, 1.82) is 0 Å². The minimum Gasteiger partial charge on any atom is -0.356 e. The van der Waals surface area contributed by atoms with Crippen molar-refractivity contribution in [3.05, 3.63) is 65.7 Å². The molecule has 2 aromatic carbocycles. The molecule has 0 aliphatic heterocycles. The van der Waals surface area contributed by atoms with Crippen LogP contribution in [0.3, 0.4) is 0 Å². The third-order valence-electron chi connectivity index (χ3n) is 3.70. The van der Waals surface area contributed by atoms with E-state index in [0.29, 0.717) is 11.7 Å². The molecular weight excluding hydrogens is 369 g/mol. The second-order valence-electron chi connectivity index (χ2n) is 5.65. The van der Waals surface area contributed by atoms with Gasteiger partial charge in [0.1, 0.15) is 17.2 Å². The van der Waals surface area contributed by atoms with Crippen molar-refractivity contribution in [1.82, 2.24) is 20.2 Å². The molecule has 0 fully saturated rings. The molecule has 0 amide bonds. The van der Waals surface area contributed by atoms with Gasteiger partial charge in [0, 0.05) is 11.9 Å². The number of hydrogen-bond donors (Lipinski definition) is 1. The molecule has 5 nitrogen and oxygen atoms in total. The van der Waals surface area contributed by atoms with Crippen LogP contribution >= 0.6 is 23.1 Å². The van der Waals surface area contributed by atoms with Crippen molar-refractivity contribution in [2.75, 3.05) is 5.32 Å². The summed E-state index contributed by atoms with van der Waals surface area (Å²) in [6.07, 6.45) is 1.56.